The van der Waals surface area contributed by atoms with Crippen LogP contribution < -0.4 is 0 Å². The first-order valence-electron chi connectivity index (χ1n) is 1.59. The molecule has 0 N–H and O–H groups in total. The van der Waals surface area contributed by atoms with Crippen LogP contribution in [0.25, 0.3) is 0 Å². The molecular formula is C5H5Cl. The second kappa shape index (κ2) is 4.59. The first-order chi connectivity index (χ1) is 2.91. The van der Waals surface area contributed by atoms with Gasteiger partial charge < -0.3 is 0 Å². The topological polar surface area (TPSA) is 0 Å². The highest BCUT2D eigenvalue weighted by Gasteiger charge is 1.47. The molecule has 0 aliphatic rings. The van der Waals surface area contributed by atoms with Crippen molar-refractivity contribution in [1.29, 1.82) is 0 Å². The van der Waals surface area contributed by atoms with Crippen molar-refractivity contribution in [3.05, 3.63) is 11.6 Å². The zero-order chi connectivity index (χ0) is 4.83. The highest BCUT2D eigenvalue weighted by Crippen LogP contribution is 1.72. The van der Waals surface area contributed by atoms with E-state index in [1.165, 1.54) is 5.54 Å². The van der Waals surface area contributed by atoms with E-state index in [1.54, 1.807) is 13.0 Å². The predicted octanol–water partition coefficient (Wildman–Crippen LogP) is 1.76. The van der Waals surface area contributed by atoms with E-state index >= 15 is 0 Å². The maximum absolute atomic E-state index is 5.10. The molecule has 0 fully saturated rings. The van der Waals surface area contributed by atoms with Gasteiger partial charge in [0.15, 0.2) is 0 Å². The summed E-state index contributed by atoms with van der Waals surface area (Å²) in [6, 6.07) is 0. The van der Waals surface area contributed by atoms with E-state index in [1.807, 2.05) is 0 Å². The number of hydrogen-bond donors (Lipinski definition) is 0. The van der Waals surface area contributed by atoms with Gasteiger partial charge >= 0.3 is 0 Å². The SMILES string of the molecule is CC#CC=CCl. The van der Waals surface area contributed by atoms with Gasteiger partial charge in [-0.2, -0.15) is 0 Å². The van der Waals surface area contributed by atoms with Crippen LogP contribution in [0.5, 0.6) is 0 Å². The Balaban J connectivity index is 3.24. The second-order valence-electron chi connectivity index (χ2n) is 0.687. The van der Waals surface area contributed by atoms with E-state index in [4.69, 9.17) is 11.6 Å². The molecule has 32 valence electrons. The lowest BCUT2D eigenvalue weighted by Gasteiger charge is -1.54. The minimum atomic E-state index is 1.39. The Hall–Kier alpha value is -0.410. The van der Waals surface area contributed by atoms with Crippen molar-refractivity contribution in [3.63, 3.8) is 0 Å². The van der Waals surface area contributed by atoms with Crippen LogP contribution in [0, 0.1) is 11.8 Å². The van der Waals surface area contributed by atoms with Crippen molar-refractivity contribution in [2.75, 3.05) is 0 Å². The average Bonchev–Trinajstić information content (AvgIpc) is 1.61. The smallest absolute Gasteiger partial charge is 0.0126 e. The molecule has 0 aromatic heterocycles. The number of rotatable bonds is 0. The molecule has 0 atom stereocenters. The van der Waals surface area contributed by atoms with Crippen LogP contribution in [0.1, 0.15) is 6.92 Å². The molecule has 6 heavy (non-hydrogen) atoms. The van der Waals surface area contributed by atoms with Crippen molar-refractivity contribution in [2.45, 2.75) is 6.92 Å². The largest absolute Gasteiger partial charge is 0.102 e. The Morgan fingerprint density at radius 3 is 2.50 bits per heavy atom. The molecule has 1 heteroatoms. The summed E-state index contributed by atoms with van der Waals surface area (Å²) >= 11 is 5.10. The van der Waals surface area contributed by atoms with Crippen molar-refractivity contribution in [3.8, 4) is 11.8 Å². The molecular weight excluding hydrogens is 95.5 g/mol. The molecule has 0 nitrogen and oxygen atoms in total. The molecule has 0 spiro atoms. The summed E-state index contributed by atoms with van der Waals surface area (Å²) in [6.07, 6.45) is 1.58. The third kappa shape index (κ3) is 3.59. The van der Waals surface area contributed by atoms with Crippen molar-refractivity contribution < 1.29 is 0 Å². The Kier molecular flexibility index (Phi) is 4.28. The molecule has 0 rings (SSSR count). The van der Waals surface area contributed by atoms with Crippen molar-refractivity contribution >= 4 is 11.6 Å². The predicted molar refractivity (Wildman–Crippen MR) is 28.4 cm³/mol. The summed E-state index contributed by atoms with van der Waals surface area (Å²) in [5.74, 6) is 5.28. The molecule has 0 aliphatic heterocycles. The lowest BCUT2D eigenvalue weighted by atomic mass is 10.6. The number of halogens is 1. The fraction of sp³-hybridized carbons (Fsp3) is 0.200. The van der Waals surface area contributed by atoms with Gasteiger partial charge in [0, 0.05) is 5.54 Å². The molecule has 0 saturated carbocycles. The van der Waals surface area contributed by atoms with E-state index in [-0.39, 0.29) is 0 Å². The monoisotopic (exact) mass is 100 g/mol. The van der Waals surface area contributed by atoms with Crippen LogP contribution in [0.15, 0.2) is 11.6 Å². The Morgan fingerprint density at radius 1 is 1.67 bits per heavy atom. The highest BCUT2D eigenvalue weighted by molar-refractivity contribution is 6.25. The molecule has 0 saturated heterocycles. The van der Waals surface area contributed by atoms with Crippen molar-refractivity contribution in [2.24, 2.45) is 0 Å². The van der Waals surface area contributed by atoms with Crippen LogP contribution in [-0.4, -0.2) is 0 Å². The van der Waals surface area contributed by atoms with Crippen LogP contribution in [-0.2, 0) is 0 Å². The molecule has 0 unspecified atom stereocenters. The minimum absolute atomic E-state index is 1.39. The van der Waals surface area contributed by atoms with E-state index < -0.39 is 0 Å². The number of hydrogen-bond acceptors (Lipinski definition) is 0. The third-order valence-electron chi connectivity index (χ3n) is 0.291. The second-order valence-corrected chi connectivity index (χ2v) is 0.939. The standard InChI is InChI=1S/C5H5Cl/c1-2-3-4-5-6/h4-5H,1H3. The highest BCUT2D eigenvalue weighted by atomic mass is 35.5. The van der Waals surface area contributed by atoms with Gasteiger partial charge in [0.25, 0.3) is 0 Å². The van der Waals surface area contributed by atoms with Gasteiger partial charge in [-0.3, -0.25) is 0 Å². The van der Waals surface area contributed by atoms with Crippen LogP contribution in [0.2, 0.25) is 0 Å². The molecule has 0 bridgehead atoms. The Labute approximate surface area is 42.8 Å². The van der Waals surface area contributed by atoms with E-state index in [0.717, 1.165) is 0 Å². The molecule has 0 radical (unpaired) electrons. The van der Waals surface area contributed by atoms with Gasteiger partial charge in [0.05, 0.1) is 0 Å². The fourth-order valence-electron chi connectivity index (χ4n) is 0.115. The van der Waals surface area contributed by atoms with Gasteiger partial charge in [-0.1, -0.05) is 17.5 Å². The van der Waals surface area contributed by atoms with Crippen LogP contribution in [0.4, 0.5) is 0 Å². The summed E-state index contributed by atoms with van der Waals surface area (Å²) in [5, 5.41) is 0. The average molecular weight is 101 g/mol. The van der Waals surface area contributed by atoms with E-state index in [2.05, 4.69) is 11.8 Å². The van der Waals surface area contributed by atoms with Gasteiger partial charge in [-0.15, -0.1) is 5.92 Å². The summed E-state index contributed by atoms with van der Waals surface area (Å²) in [6.45, 7) is 1.76. The Bertz CT molecular complexity index is 92.2. The Morgan fingerprint density at radius 2 is 2.33 bits per heavy atom. The molecule has 0 aromatic carbocycles. The molecule has 0 aromatic rings. The minimum Gasteiger partial charge on any atom is -0.102 e. The summed E-state index contributed by atoms with van der Waals surface area (Å²) < 4.78 is 0. The van der Waals surface area contributed by atoms with Crippen molar-refractivity contribution in [1.82, 2.24) is 0 Å². The van der Waals surface area contributed by atoms with Crippen LogP contribution in [0.3, 0.4) is 0 Å². The first kappa shape index (κ1) is 5.59. The zero-order valence-corrected chi connectivity index (χ0v) is 4.29. The first-order valence-corrected chi connectivity index (χ1v) is 2.03. The molecule has 0 aliphatic carbocycles. The maximum atomic E-state index is 5.10. The third-order valence-corrected chi connectivity index (χ3v) is 0.417. The summed E-state index contributed by atoms with van der Waals surface area (Å²) in [4.78, 5) is 0. The van der Waals surface area contributed by atoms with E-state index in [0.29, 0.717) is 0 Å². The maximum Gasteiger partial charge on any atom is 0.0126 e. The summed E-state index contributed by atoms with van der Waals surface area (Å²) in [7, 11) is 0. The normalized spacial score (nSPS) is 7.67. The lowest BCUT2D eigenvalue weighted by Crippen LogP contribution is -1.39. The number of allylic oxidation sites excluding steroid dienone is 1. The fourth-order valence-corrected chi connectivity index (χ4v) is 0.178. The van der Waals surface area contributed by atoms with Crippen LogP contribution >= 0.6 is 11.6 Å². The zero-order valence-electron chi connectivity index (χ0n) is 3.53. The lowest BCUT2D eigenvalue weighted by molar-refractivity contribution is 1.91. The van der Waals surface area contributed by atoms with Gasteiger partial charge in [-0.05, 0) is 13.0 Å². The summed E-state index contributed by atoms with van der Waals surface area (Å²) in [5.41, 5.74) is 1.39. The van der Waals surface area contributed by atoms with Gasteiger partial charge in [0.2, 0.25) is 0 Å². The van der Waals surface area contributed by atoms with Gasteiger partial charge in [-0.25, -0.2) is 0 Å². The van der Waals surface area contributed by atoms with Gasteiger partial charge in [0.1, 0.15) is 0 Å². The quantitative estimate of drug-likeness (QED) is 0.407. The molecule has 0 amide bonds. The van der Waals surface area contributed by atoms with E-state index in [9.17, 15) is 0 Å². The molecule has 0 heterocycles.